The number of hydrogen-bond acceptors (Lipinski definition) is 3. The molecule has 0 bridgehead atoms. The first-order valence-electron chi connectivity index (χ1n) is 9.52. The number of hydrogen-bond donors (Lipinski definition) is 2. The average Bonchev–Trinajstić information content (AvgIpc) is 2.87. The summed E-state index contributed by atoms with van der Waals surface area (Å²) >= 11 is 0. The first kappa shape index (κ1) is 23.2. The van der Waals surface area contributed by atoms with Crippen molar-refractivity contribution in [3.63, 3.8) is 0 Å². The van der Waals surface area contributed by atoms with Crippen LogP contribution in [-0.4, -0.2) is 42.9 Å². The van der Waals surface area contributed by atoms with Crippen LogP contribution in [0.25, 0.3) is 0 Å². The molecule has 0 aromatic heterocycles. The molecule has 1 aromatic carbocycles. The second kappa shape index (κ2) is 13.4. The standard InChI is InChI=1S/C20H29N5O.HI/c1-2-22-20(24-16-18-10-8-17(15-21)9-11-18)23-12-6-14-25-13-5-3-4-7-19(25)26;/h8-11H,2-7,12-14,16H2,1H3,(H2,22,23,24);1H. The summed E-state index contributed by atoms with van der Waals surface area (Å²) in [6.07, 6.45) is 4.91. The second-order valence-corrected chi connectivity index (χ2v) is 6.48. The van der Waals surface area contributed by atoms with Gasteiger partial charge in [0.25, 0.3) is 0 Å². The zero-order valence-corrected chi connectivity index (χ0v) is 18.4. The molecule has 2 rings (SSSR count). The average molecular weight is 483 g/mol. The van der Waals surface area contributed by atoms with E-state index in [9.17, 15) is 4.79 Å². The Kier molecular flexibility index (Phi) is 11.5. The molecule has 1 fully saturated rings. The molecule has 1 aliphatic rings. The van der Waals surface area contributed by atoms with Gasteiger partial charge in [0.05, 0.1) is 18.2 Å². The van der Waals surface area contributed by atoms with E-state index in [0.717, 1.165) is 63.4 Å². The van der Waals surface area contributed by atoms with E-state index < -0.39 is 0 Å². The largest absolute Gasteiger partial charge is 0.357 e. The third-order valence-corrected chi connectivity index (χ3v) is 4.42. The normalized spacial score (nSPS) is 14.7. The summed E-state index contributed by atoms with van der Waals surface area (Å²) in [7, 11) is 0. The lowest BCUT2D eigenvalue weighted by Gasteiger charge is -2.20. The van der Waals surface area contributed by atoms with Crippen molar-refractivity contribution in [3.05, 3.63) is 35.4 Å². The Bertz CT molecular complexity index is 639. The van der Waals surface area contributed by atoms with Gasteiger partial charge in [-0.1, -0.05) is 18.6 Å². The van der Waals surface area contributed by atoms with Crippen LogP contribution in [0, 0.1) is 11.3 Å². The summed E-state index contributed by atoms with van der Waals surface area (Å²) in [5.41, 5.74) is 1.72. The van der Waals surface area contributed by atoms with Gasteiger partial charge in [-0.3, -0.25) is 4.79 Å². The van der Waals surface area contributed by atoms with Crippen molar-refractivity contribution in [2.45, 2.75) is 45.6 Å². The lowest BCUT2D eigenvalue weighted by Crippen LogP contribution is -2.39. The molecule has 1 amide bonds. The molecule has 1 aromatic rings. The Morgan fingerprint density at radius 1 is 1.22 bits per heavy atom. The van der Waals surface area contributed by atoms with Crippen molar-refractivity contribution in [3.8, 4) is 6.07 Å². The SMILES string of the molecule is CCNC(=NCc1ccc(C#N)cc1)NCCCN1CCCCCC1=O.I. The molecule has 2 N–H and O–H groups in total. The number of aliphatic imine (C=N–C) groups is 1. The van der Waals surface area contributed by atoms with Crippen molar-refractivity contribution in [1.82, 2.24) is 15.5 Å². The maximum absolute atomic E-state index is 12.0. The van der Waals surface area contributed by atoms with Crippen LogP contribution in [0.15, 0.2) is 29.3 Å². The number of nitrogens with zero attached hydrogens (tertiary/aromatic N) is 3. The molecule has 0 atom stereocenters. The topological polar surface area (TPSA) is 80.5 Å². The van der Waals surface area contributed by atoms with Crippen LogP contribution < -0.4 is 10.6 Å². The highest BCUT2D eigenvalue weighted by Crippen LogP contribution is 2.11. The summed E-state index contributed by atoms with van der Waals surface area (Å²) in [5.74, 6) is 1.07. The van der Waals surface area contributed by atoms with Gasteiger partial charge in [-0.05, 0) is 43.9 Å². The van der Waals surface area contributed by atoms with Crippen LogP contribution in [0.3, 0.4) is 0 Å². The predicted octanol–water partition coefficient (Wildman–Crippen LogP) is 3.02. The Balaban J connectivity index is 0.00000364. The van der Waals surface area contributed by atoms with Crippen molar-refractivity contribution < 1.29 is 4.79 Å². The fraction of sp³-hybridized carbons (Fsp3) is 0.550. The van der Waals surface area contributed by atoms with Gasteiger partial charge in [0.15, 0.2) is 5.96 Å². The van der Waals surface area contributed by atoms with E-state index in [4.69, 9.17) is 5.26 Å². The van der Waals surface area contributed by atoms with Gasteiger partial charge >= 0.3 is 0 Å². The number of amides is 1. The minimum absolute atomic E-state index is 0. The van der Waals surface area contributed by atoms with E-state index in [1.807, 2.05) is 36.1 Å². The first-order chi connectivity index (χ1) is 12.7. The summed E-state index contributed by atoms with van der Waals surface area (Å²) in [5, 5.41) is 15.4. The van der Waals surface area contributed by atoms with Crippen LogP contribution in [0.4, 0.5) is 0 Å². The number of likely N-dealkylation sites (tertiary alicyclic amines) is 1. The molecule has 0 radical (unpaired) electrons. The molecule has 1 saturated heterocycles. The van der Waals surface area contributed by atoms with E-state index in [0.29, 0.717) is 24.4 Å². The molecule has 0 unspecified atom stereocenters. The van der Waals surface area contributed by atoms with Crippen LogP contribution >= 0.6 is 24.0 Å². The summed E-state index contributed by atoms with van der Waals surface area (Å²) < 4.78 is 0. The van der Waals surface area contributed by atoms with E-state index >= 15 is 0 Å². The van der Waals surface area contributed by atoms with Gasteiger partial charge in [0.2, 0.25) is 5.91 Å². The zero-order valence-electron chi connectivity index (χ0n) is 16.0. The van der Waals surface area contributed by atoms with Crippen molar-refractivity contribution in [2.24, 2.45) is 4.99 Å². The molecule has 6 nitrogen and oxygen atoms in total. The zero-order chi connectivity index (χ0) is 18.6. The van der Waals surface area contributed by atoms with E-state index in [1.54, 1.807) is 0 Å². The van der Waals surface area contributed by atoms with Gasteiger partial charge in [0, 0.05) is 32.6 Å². The summed E-state index contributed by atoms with van der Waals surface area (Å²) in [4.78, 5) is 18.6. The molecule has 148 valence electrons. The summed E-state index contributed by atoms with van der Waals surface area (Å²) in [6.45, 7) is 5.87. The molecule has 7 heteroatoms. The fourth-order valence-electron chi connectivity index (χ4n) is 2.95. The third-order valence-electron chi connectivity index (χ3n) is 4.42. The van der Waals surface area contributed by atoms with Crippen LogP contribution in [0.1, 0.15) is 50.2 Å². The number of halogens is 1. The number of nitrogens with one attached hydrogen (secondary N) is 2. The number of guanidine groups is 1. The molecule has 0 saturated carbocycles. The highest BCUT2D eigenvalue weighted by Gasteiger charge is 2.15. The molecule has 1 aliphatic heterocycles. The van der Waals surface area contributed by atoms with Gasteiger partial charge in [0.1, 0.15) is 0 Å². The predicted molar refractivity (Wildman–Crippen MR) is 119 cm³/mol. The minimum Gasteiger partial charge on any atom is -0.357 e. The van der Waals surface area contributed by atoms with Gasteiger partial charge < -0.3 is 15.5 Å². The van der Waals surface area contributed by atoms with Crippen LogP contribution in [-0.2, 0) is 11.3 Å². The molecule has 0 aliphatic carbocycles. The quantitative estimate of drug-likeness (QED) is 0.271. The van der Waals surface area contributed by atoms with Crippen LogP contribution in [0.5, 0.6) is 0 Å². The molecule has 27 heavy (non-hydrogen) atoms. The molecule has 1 heterocycles. The maximum Gasteiger partial charge on any atom is 0.222 e. The smallest absolute Gasteiger partial charge is 0.222 e. The highest BCUT2D eigenvalue weighted by atomic mass is 127. The maximum atomic E-state index is 12.0. The van der Waals surface area contributed by atoms with Gasteiger partial charge in [-0.2, -0.15) is 5.26 Å². The summed E-state index contributed by atoms with van der Waals surface area (Å²) in [6, 6.07) is 9.59. The minimum atomic E-state index is 0. The highest BCUT2D eigenvalue weighted by molar-refractivity contribution is 14.0. The molecular formula is C20H30IN5O. The monoisotopic (exact) mass is 483 g/mol. The van der Waals surface area contributed by atoms with Crippen molar-refractivity contribution in [1.29, 1.82) is 5.26 Å². The Morgan fingerprint density at radius 3 is 2.70 bits per heavy atom. The van der Waals surface area contributed by atoms with Crippen LogP contribution in [0.2, 0.25) is 0 Å². The van der Waals surface area contributed by atoms with E-state index in [2.05, 4.69) is 21.7 Å². The Hall–Kier alpha value is -1.82. The lowest BCUT2D eigenvalue weighted by molar-refractivity contribution is -0.130. The Morgan fingerprint density at radius 2 is 2.00 bits per heavy atom. The second-order valence-electron chi connectivity index (χ2n) is 6.48. The van der Waals surface area contributed by atoms with E-state index in [1.165, 1.54) is 0 Å². The number of benzene rings is 1. The van der Waals surface area contributed by atoms with E-state index in [-0.39, 0.29) is 24.0 Å². The lowest BCUT2D eigenvalue weighted by atomic mass is 10.1. The van der Waals surface area contributed by atoms with Gasteiger partial charge in [-0.25, -0.2) is 4.99 Å². The number of carbonyl (C=O) groups excluding carboxylic acids is 1. The number of nitriles is 1. The fourth-order valence-corrected chi connectivity index (χ4v) is 2.95. The Labute approximate surface area is 179 Å². The third kappa shape index (κ3) is 8.61. The number of rotatable bonds is 7. The molecular weight excluding hydrogens is 453 g/mol. The van der Waals surface area contributed by atoms with Gasteiger partial charge in [-0.15, -0.1) is 24.0 Å². The molecule has 0 spiro atoms. The number of carbonyl (C=O) groups is 1. The first-order valence-corrected chi connectivity index (χ1v) is 9.52. The van der Waals surface area contributed by atoms with Crippen molar-refractivity contribution in [2.75, 3.05) is 26.2 Å². The van der Waals surface area contributed by atoms with Crippen molar-refractivity contribution >= 4 is 35.8 Å².